The van der Waals surface area contributed by atoms with Crippen LogP contribution < -0.4 is 4.74 Å². The summed E-state index contributed by atoms with van der Waals surface area (Å²) in [6.45, 7) is 6.16. The minimum atomic E-state index is -0.156. The molecule has 0 saturated carbocycles. The van der Waals surface area contributed by atoms with Gasteiger partial charge in [0.2, 0.25) is 0 Å². The van der Waals surface area contributed by atoms with Crippen molar-refractivity contribution in [2.24, 2.45) is 0 Å². The van der Waals surface area contributed by atoms with Crippen LogP contribution in [-0.2, 0) is 4.74 Å². The molecule has 0 radical (unpaired) electrons. The Morgan fingerprint density at radius 3 is 2.73 bits per heavy atom. The summed E-state index contributed by atoms with van der Waals surface area (Å²) in [5.74, 6) is 1.46. The third kappa shape index (κ3) is 4.47. The Hall–Kier alpha value is -1.82. The van der Waals surface area contributed by atoms with Crippen molar-refractivity contribution in [3.63, 3.8) is 0 Å². The number of pyridine rings is 1. The molecule has 0 aliphatic carbocycles. The van der Waals surface area contributed by atoms with Crippen molar-refractivity contribution in [2.75, 3.05) is 39.9 Å². The predicted molar refractivity (Wildman–Crippen MR) is 101 cm³/mol. The van der Waals surface area contributed by atoms with Crippen LogP contribution in [-0.4, -0.2) is 66.8 Å². The number of hydrogen-bond acceptors (Lipinski definition) is 5. The second-order valence-electron chi connectivity index (χ2n) is 7.20. The van der Waals surface area contributed by atoms with E-state index in [-0.39, 0.29) is 6.09 Å². The third-order valence-electron chi connectivity index (χ3n) is 5.75. The second kappa shape index (κ2) is 9.21. The minimum Gasteiger partial charge on any atom is -0.495 e. The normalized spacial score (nSPS) is 22.7. The van der Waals surface area contributed by atoms with Crippen molar-refractivity contribution in [2.45, 2.75) is 51.0 Å². The van der Waals surface area contributed by atoms with E-state index in [0.29, 0.717) is 18.6 Å². The van der Waals surface area contributed by atoms with Crippen LogP contribution in [0.2, 0.25) is 0 Å². The zero-order valence-corrected chi connectivity index (χ0v) is 16.0. The molecule has 26 heavy (non-hydrogen) atoms. The van der Waals surface area contributed by atoms with Crippen LogP contribution in [0.15, 0.2) is 18.5 Å². The standard InChI is InChI=1S/C20H31N3O3/c1-3-26-20(24)23-11-4-5-17(9-14-23)22-12-7-16(8-13-22)18-6-10-21-15-19(18)25-2/h6,10,15-17H,3-5,7-9,11-14H2,1-2H3. The lowest BCUT2D eigenvalue weighted by Crippen LogP contribution is -2.41. The molecule has 0 spiro atoms. The van der Waals surface area contributed by atoms with Gasteiger partial charge in [0, 0.05) is 30.9 Å². The number of hydrogen-bond donors (Lipinski definition) is 0. The molecule has 1 atom stereocenters. The van der Waals surface area contributed by atoms with Crippen LogP contribution in [0, 0.1) is 0 Å². The van der Waals surface area contributed by atoms with Gasteiger partial charge in [-0.05, 0) is 64.1 Å². The van der Waals surface area contributed by atoms with Gasteiger partial charge in [-0.15, -0.1) is 0 Å². The van der Waals surface area contributed by atoms with Crippen molar-refractivity contribution < 1.29 is 14.3 Å². The van der Waals surface area contributed by atoms with Gasteiger partial charge in [-0.3, -0.25) is 4.98 Å². The minimum absolute atomic E-state index is 0.156. The van der Waals surface area contributed by atoms with Gasteiger partial charge in [0.25, 0.3) is 0 Å². The Kier molecular flexibility index (Phi) is 6.72. The van der Waals surface area contributed by atoms with Crippen molar-refractivity contribution in [1.29, 1.82) is 0 Å². The van der Waals surface area contributed by atoms with Crippen molar-refractivity contribution in [3.05, 3.63) is 24.0 Å². The maximum absolute atomic E-state index is 12.0. The Morgan fingerprint density at radius 2 is 2.00 bits per heavy atom. The number of methoxy groups -OCH3 is 1. The van der Waals surface area contributed by atoms with Crippen LogP contribution in [0.25, 0.3) is 0 Å². The maximum atomic E-state index is 12.0. The lowest BCUT2D eigenvalue weighted by Gasteiger charge is -2.37. The summed E-state index contributed by atoms with van der Waals surface area (Å²) in [6, 6.07) is 2.68. The summed E-state index contributed by atoms with van der Waals surface area (Å²) in [7, 11) is 1.72. The molecule has 1 amide bonds. The summed E-state index contributed by atoms with van der Waals surface area (Å²) in [4.78, 5) is 20.6. The lowest BCUT2D eigenvalue weighted by molar-refractivity contribution is 0.105. The van der Waals surface area contributed by atoms with Gasteiger partial charge >= 0.3 is 6.09 Å². The second-order valence-corrected chi connectivity index (χ2v) is 7.20. The average molecular weight is 361 g/mol. The summed E-state index contributed by atoms with van der Waals surface area (Å²) in [5, 5.41) is 0. The zero-order valence-electron chi connectivity index (χ0n) is 16.0. The van der Waals surface area contributed by atoms with E-state index in [1.54, 1.807) is 7.11 Å². The highest BCUT2D eigenvalue weighted by atomic mass is 16.6. The van der Waals surface area contributed by atoms with Gasteiger partial charge in [0.15, 0.2) is 0 Å². The largest absolute Gasteiger partial charge is 0.495 e. The van der Waals surface area contributed by atoms with Crippen LogP contribution in [0.1, 0.15) is 50.5 Å². The van der Waals surface area contributed by atoms with Crippen LogP contribution in [0.4, 0.5) is 4.79 Å². The van der Waals surface area contributed by atoms with E-state index in [1.165, 1.54) is 12.0 Å². The first-order valence-electron chi connectivity index (χ1n) is 9.86. The van der Waals surface area contributed by atoms with Crippen molar-refractivity contribution >= 4 is 6.09 Å². The van der Waals surface area contributed by atoms with Gasteiger partial charge < -0.3 is 19.3 Å². The quantitative estimate of drug-likeness (QED) is 0.824. The first-order valence-corrected chi connectivity index (χ1v) is 9.86. The molecule has 144 valence electrons. The van der Waals surface area contributed by atoms with E-state index in [4.69, 9.17) is 9.47 Å². The number of rotatable bonds is 4. The Balaban J connectivity index is 1.53. The highest BCUT2D eigenvalue weighted by Gasteiger charge is 2.29. The highest BCUT2D eigenvalue weighted by Crippen LogP contribution is 2.34. The Labute approximate surface area is 156 Å². The number of aromatic nitrogens is 1. The molecule has 1 aromatic rings. The molecule has 2 aliphatic heterocycles. The van der Waals surface area contributed by atoms with Gasteiger partial charge in [-0.25, -0.2) is 4.79 Å². The summed E-state index contributed by atoms with van der Waals surface area (Å²) in [5.41, 5.74) is 1.29. The number of piperidine rings is 1. The molecule has 2 aliphatic rings. The molecule has 0 aromatic carbocycles. The van der Waals surface area contributed by atoms with Gasteiger partial charge in [0.1, 0.15) is 5.75 Å². The number of ether oxygens (including phenoxy) is 2. The summed E-state index contributed by atoms with van der Waals surface area (Å²) >= 11 is 0. The fourth-order valence-electron chi connectivity index (χ4n) is 4.32. The van der Waals surface area contributed by atoms with Crippen LogP contribution >= 0.6 is 0 Å². The fraction of sp³-hybridized carbons (Fsp3) is 0.700. The molecule has 2 fully saturated rings. The monoisotopic (exact) mass is 361 g/mol. The van der Waals surface area contributed by atoms with E-state index in [2.05, 4.69) is 16.0 Å². The smallest absolute Gasteiger partial charge is 0.409 e. The lowest BCUT2D eigenvalue weighted by atomic mass is 9.88. The summed E-state index contributed by atoms with van der Waals surface area (Å²) < 4.78 is 10.6. The third-order valence-corrected chi connectivity index (χ3v) is 5.75. The Morgan fingerprint density at radius 1 is 1.19 bits per heavy atom. The molecular formula is C20H31N3O3. The number of carbonyl (C=O) groups is 1. The number of amides is 1. The Bertz CT molecular complexity index is 587. The zero-order chi connectivity index (χ0) is 18.4. The van der Waals surface area contributed by atoms with Gasteiger partial charge in [-0.1, -0.05) is 0 Å². The molecule has 6 heteroatoms. The molecule has 3 heterocycles. The van der Waals surface area contributed by atoms with Gasteiger partial charge in [0.05, 0.1) is 19.9 Å². The van der Waals surface area contributed by atoms with Crippen molar-refractivity contribution in [3.8, 4) is 5.75 Å². The van der Waals surface area contributed by atoms with E-state index in [1.807, 2.05) is 24.2 Å². The van der Waals surface area contributed by atoms with E-state index < -0.39 is 0 Å². The fourth-order valence-corrected chi connectivity index (χ4v) is 4.32. The number of nitrogens with zero attached hydrogens (tertiary/aromatic N) is 3. The van der Waals surface area contributed by atoms with Crippen LogP contribution in [0.3, 0.4) is 0 Å². The molecule has 0 N–H and O–H groups in total. The molecule has 1 unspecified atom stereocenters. The summed E-state index contributed by atoms with van der Waals surface area (Å²) in [6.07, 6.45) is 9.09. The van der Waals surface area contributed by atoms with E-state index >= 15 is 0 Å². The molecule has 2 saturated heterocycles. The average Bonchev–Trinajstić information content (AvgIpc) is 2.94. The molecule has 1 aromatic heterocycles. The van der Waals surface area contributed by atoms with Crippen molar-refractivity contribution in [1.82, 2.24) is 14.8 Å². The molecule has 3 rings (SSSR count). The first kappa shape index (κ1) is 19.0. The van der Waals surface area contributed by atoms with E-state index in [9.17, 15) is 4.79 Å². The molecule has 6 nitrogen and oxygen atoms in total. The topological polar surface area (TPSA) is 54.9 Å². The molecular weight excluding hydrogens is 330 g/mol. The maximum Gasteiger partial charge on any atom is 0.409 e. The van der Waals surface area contributed by atoms with Gasteiger partial charge in [-0.2, -0.15) is 0 Å². The number of likely N-dealkylation sites (tertiary alicyclic amines) is 2. The predicted octanol–water partition coefficient (Wildman–Crippen LogP) is 3.28. The number of carbonyl (C=O) groups excluding carboxylic acids is 1. The SMILES string of the molecule is CCOC(=O)N1CCCC(N2CCC(c3ccncc3OC)CC2)CC1. The van der Waals surface area contributed by atoms with Crippen LogP contribution in [0.5, 0.6) is 5.75 Å². The molecule has 0 bridgehead atoms. The van der Waals surface area contributed by atoms with E-state index in [0.717, 1.165) is 57.6 Å². The first-order chi connectivity index (χ1) is 12.7. The highest BCUT2D eigenvalue weighted by molar-refractivity contribution is 5.67.